The highest BCUT2D eigenvalue weighted by atomic mass is 32.1. The molecule has 3 heterocycles. The van der Waals surface area contributed by atoms with E-state index < -0.39 is 0 Å². The van der Waals surface area contributed by atoms with Crippen LogP contribution in [0.15, 0.2) is 72.3 Å². The molecule has 1 aliphatic rings. The standard InChI is InChI=1S/C25H26N6S.C3H8.C2H6/c1-16-4-3-14-31(16)24-23-22(13-15-32-23)29-25(30-24)27-17(2)18-5-9-20(10-6-18)28-21-11-7-19(26)8-12-21;1-3-2;1-2/h5-13,15,17,28H,1,3-4,14,26H2,2H3,(H,27,29,30);3H2,1-2H3;1-2H3. The van der Waals surface area contributed by atoms with E-state index in [9.17, 15) is 0 Å². The Labute approximate surface area is 225 Å². The zero-order valence-electron chi connectivity index (χ0n) is 22.7. The van der Waals surface area contributed by atoms with Crippen LogP contribution in [0, 0.1) is 0 Å². The van der Waals surface area contributed by atoms with Crippen molar-refractivity contribution in [3.63, 3.8) is 0 Å². The van der Waals surface area contributed by atoms with Gasteiger partial charge in [0, 0.05) is 29.3 Å². The average Bonchev–Trinajstić information content (AvgIpc) is 3.56. The topological polar surface area (TPSA) is 79.1 Å². The smallest absolute Gasteiger partial charge is 0.225 e. The molecule has 0 radical (unpaired) electrons. The monoisotopic (exact) mass is 516 g/mol. The van der Waals surface area contributed by atoms with E-state index in [-0.39, 0.29) is 6.04 Å². The third kappa shape index (κ3) is 7.23. The van der Waals surface area contributed by atoms with E-state index in [1.165, 1.54) is 6.42 Å². The van der Waals surface area contributed by atoms with Gasteiger partial charge in [0.05, 0.1) is 16.3 Å². The number of rotatable bonds is 6. The summed E-state index contributed by atoms with van der Waals surface area (Å²) in [6, 6.07) is 18.2. The molecule has 4 N–H and O–H groups in total. The molecule has 37 heavy (non-hydrogen) atoms. The third-order valence-electron chi connectivity index (χ3n) is 5.73. The highest BCUT2D eigenvalue weighted by Gasteiger charge is 2.22. The van der Waals surface area contributed by atoms with Crippen molar-refractivity contribution in [1.29, 1.82) is 0 Å². The lowest BCUT2D eigenvalue weighted by molar-refractivity contribution is 0.860. The average molecular weight is 517 g/mol. The molecule has 0 amide bonds. The summed E-state index contributed by atoms with van der Waals surface area (Å²) in [5.74, 6) is 1.60. The molecule has 1 saturated heterocycles. The van der Waals surface area contributed by atoms with Crippen molar-refractivity contribution < 1.29 is 0 Å². The number of nitrogens with two attached hydrogens (primary N) is 1. The Morgan fingerprint density at radius 3 is 2.22 bits per heavy atom. The second-order valence-electron chi connectivity index (χ2n) is 8.77. The van der Waals surface area contributed by atoms with E-state index in [0.29, 0.717) is 5.95 Å². The predicted molar refractivity (Wildman–Crippen MR) is 163 cm³/mol. The molecule has 196 valence electrons. The summed E-state index contributed by atoms with van der Waals surface area (Å²) in [6.45, 7) is 15.6. The molecule has 7 heteroatoms. The maximum absolute atomic E-state index is 5.76. The van der Waals surface area contributed by atoms with Crippen molar-refractivity contribution in [2.45, 2.75) is 59.9 Å². The van der Waals surface area contributed by atoms with E-state index in [2.05, 4.69) is 78.6 Å². The van der Waals surface area contributed by atoms with Crippen molar-refractivity contribution in [3.05, 3.63) is 77.8 Å². The highest BCUT2D eigenvalue weighted by Crippen LogP contribution is 2.35. The molecule has 0 aliphatic carbocycles. The first kappa shape index (κ1) is 28.0. The second-order valence-corrected chi connectivity index (χ2v) is 9.69. The molecule has 2 aromatic heterocycles. The molecular formula is C30H40N6S. The number of benzene rings is 2. The summed E-state index contributed by atoms with van der Waals surface area (Å²) < 4.78 is 1.12. The van der Waals surface area contributed by atoms with E-state index in [1.807, 2.05) is 38.1 Å². The first-order valence-corrected chi connectivity index (χ1v) is 14.1. The SMILES string of the molecule is C=C1CCCN1c1nc(NC(C)c2ccc(Nc3ccc(N)cc3)cc2)nc2ccsc12.CC.CCC. The third-order valence-corrected chi connectivity index (χ3v) is 6.63. The van der Waals surface area contributed by atoms with Crippen molar-refractivity contribution in [3.8, 4) is 0 Å². The molecule has 6 nitrogen and oxygen atoms in total. The number of hydrogen-bond acceptors (Lipinski definition) is 7. The minimum absolute atomic E-state index is 0.0614. The van der Waals surface area contributed by atoms with Crippen molar-refractivity contribution in [2.24, 2.45) is 0 Å². The molecule has 0 spiro atoms. The number of aromatic nitrogens is 2. The van der Waals surface area contributed by atoms with Crippen LogP contribution in [-0.4, -0.2) is 16.5 Å². The Balaban J connectivity index is 0.000000711. The largest absolute Gasteiger partial charge is 0.399 e. The Morgan fingerprint density at radius 1 is 1.00 bits per heavy atom. The summed E-state index contributed by atoms with van der Waals surface area (Å²) in [5.41, 5.74) is 11.8. The summed E-state index contributed by atoms with van der Waals surface area (Å²) in [7, 11) is 0. The number of nitrogens with one attached hydrogen (secondary N) is 2. The zero-order valence-corrected chi connectivity index (χ0v) is 23.5. The van der Waals surface area contributed by atoms with Gasteiger partial charge in [-0.25, -0.2) is 4.98 Å². The number of allylic oxidation sites excluding steroid dienone is 1. The van der Waals surface area contributed by atoms with E-state index in [1.54, 1.807) is 11.3 Å². The summed E-state index contributed by atoms with van der Waals surface area (Å²) in [4.78, 5) is 11.9. The van der Waals surface area contributed by atoms with Crippen LogP contribution in [0.1, 0.15) is 65.5 Å². The fraction of sp³-hybridized carbons (Fsp3) is 0.333. The van der Waals surface area contributed by atoms with Crippen LogP contribution in [0.3, 0.4) is 0 Å². The molecule has 1 unspecified atom stereocenters. The molecule has 1 fully saturated rings. The van der Waals surface area contributed by atoms with Gasteiger partial charge in [-0.05, 0) is 73.2 Å². The number of nitrogens with zero attached hydrogens (tertiary/aromatic N) is 3. The number of hydrogen-bond donors (Lipinski definition) is 3. The van der Waals surface area contributed by atoms with Crippen LogP contribution in [-0.2, 0) is 0 Å². The van der Waals surface area contributed by atoms with Gasteiger partial charge in [0.15, 0.2) is 5.82 Å². The quantitative estimate of drug-likeness (QED) is 0.222. The molecule has 1 aliphatic heterocycles. The van der Waals surface area contributed by atoms with E-state index in [4.69, 9.17) is 15.7 Å². The molecule has 1 atom stereocenters. The Hall–Kier alpha value is -3.58. The number of fused-ring (bicyclic) bond motifs is 1. The van der Waals surface area contributed by atoms with E-state index >= 15 is 0 Å². The van der Waals surface area contributed by atoms with Gasteiger partial charge in [-0.2, -0.15) is 4.98 Å². The lowest BCUT2D eigenvalue weighted by atomic mass is 10.1. The maximum atomic E-state index is 5.76. The minimum atomic E-state index is 0.0614. The predicted octanol–water partition coefficient (Wildman–Crippen LogP) is 8.75. The van der Waals surface area contributed by atoms with Crippen LogP contribution < -0.4 is 21.3 Å². The van der Waals surface area contributed by atoms with Gasteiger partial charge in [-0.1, -0.05) is 52.8 Å². The van der Waals surface area contributed by atoms with Gasteiger partial charge in [0.25, 0.3) is 0 Å². The summed E-state index contributed by atoms with van der Waals surface area (Å²) in [5, 5.41) is 8.95. The van der Waals surface area contributed by atoms with Crippen LogP contribution in [0.5, 0.6) is 0 Å². The second kappa shape index (κ2) is 13.7. The summed E-state index contributed by atoms with van der Waals surface area (Å²) in [6.07, 6.45) is 3.39. The van der Waals surface area contributed by atoms with Crippen LogP contribution >= 0.6 is 11.3 Å². The van der Waals surface area contributed by atoms with E-state index in [0.717, 1.165) is 63.7 Å². The fourth-order valence-electron chi connectivity index (χ4n) is 3.95. The van der Waals surface area contributed by atoms with Gasteiger partial charge < -0.3 is 21.3 Å². The lowest BCUT2D eigenvalue weighted by Gasteiger charge is -2.21. The molecular weight excluding hydrogens is 476 g/mol. The number of thiophene rings is 1. The Morgan fingerprint density at radius 2 is 1.62 bits per heavy atom. The first-order chi connectivity index (χ1) is 18.0. The molecule has 5 rings (SSSR count). The van der Waals surface area contributed by atoms with Gasteiger partial charge >= 0.3 is 0 Å². The Bertz CT molecular complexity index is 1260. The van der Waals surface area contributed by atoms with Gasteiger partial charge in [-0.3, -0.25) is 0 Å². The zero-order chi connectivity index (χ0) is 26.8. The van der Waals surface area contributed by atoms with Crippen LogP contribution in [0.4, 0.5) is 28.8 Å². The molecule has 2 aromatic carbocycles. The first-order valence-electron chi connectivity index (χ1n) is 13.2. The maximum Gasteiger partial charge on any atom is 0.225 e. The van der Waals surface area contributed by atoms with Crippen molar-refractivity contribution in [2.75, 3.05) is 27.8 Å². The number of anilines is 5. The van der Waals surface area contributed by atoms with Gasteiger partial charge in [-0.15, -0.1) is 11.3 Å². The fourth-order valence-corrected chi connectivity index (χ4v) is 4.78. The van der Waals surface area contributed by atoms with Crippen LogP contribution in [0.2, 0.25) is 0 Å². The number of nitrogen functional groups attached to an aromatic ring is 1. The normalized spacial score (nSPS) is 13.3. The highest BCUT2D eigenvalue weighted by molar-refractivity contribution is 7.17. The Kier molecular flexibility index (Phi) is 10.3. The molecule has 0 saturated carbocycles. The molecule has 4 aromatic rings. The van der Waals surface area contributed by atoms with Crippen molar-refractivity contribution in [1.82, 2.24) is 9.97 Å². The minimum Gasteiger partial charge on any atom is -0.399 e. The molecule has 0 bridgehead atoms. The van der Waals surface area contributed by atoms with Crippen molar-refractivity contribution >= 4 is 50.4 Å². The van der Waals surface area contributed by atoms with Crippen LogP contribution in [0.25, 0.3) is 10.2 Å². The van der Waals surface area contributed by atoms with Gasteiger partial charge in [0.2, 0.25) is 5.95 Å². The lowest BCUT2D eigenvalue weighted by Crippen LogP contribution is -2.18. The summed E-state index contributed by atoms with van der Waals surface area (Å²) >= 11 is 1.68. The van der Waals surface area contributed by atoms with Gasteiger partial charge in [0.1, 0.15) is 0 Å².